The molecule has 0 aromatic carbocycles. The molecule has 0 radical (unpaired) electrons. The third-order valence-electron chi connectivity index (χ3n) is 2.31. The summed E-state index contributed by atoms with van der Waals surface area (Å²) in [5.41, 5.74) is 0. The molecule has 98 valence electrons. The molecule has 0 aliphatic carbocycles. The quantitative estimate of drug-likeness (QED) is 0.470. The van der Waals surface area contributed by atoms with Crippen LogP contribution in [-0.2, 0) is 19.1 Å². The van der Waals surface area contributed by atoms with Gasteiger partial charge in [0.15, 0.2) is 0 Å². The van der Waals surface area contributed by atoms with E-state index in [9.17, 15) is 9.59 Å². The summed E-state index contributed by atoms with van der Waals surface area (Å²) in [7, 11) is 1.35. The predicted molar refractivity (Wildman–Crippen MR) is 64.5 cm³/mol. The van der Waals surface area contributed by atoms with E-state index in [1.165, 1.54) is 7.11 Å². The Bertz CT molecular complexity index is 265. The van der Waals surface area contributed by atoms with Crippen molar-refractivity contribution >= 4 is 11.9 Å². The molecule has 0 heterocycles. The Balaban J connectivity index is 4.33. The molecule has 0 aromatic heterocycles. The molecular formula is C12H21NO4. The zero-order valence-corrected chi connectivity index (χ0v) is 10.8. The van der Waals surface area contributed by atoms with E-state index in [1.807, 2.05) is 11.8 Å². The summed E-state index contributed by atoms with van der Waals surface area (Å²) in [6.07, 6.45) is 1.93. The topological polar surface area (TPSA) is 55.8 Å². The first-order valence-electron chi connectivity index (χ1n) is 5.62. The van der Waals surface area contributed by atoms with Gasteiger partial charge in [0, 0.05) is 12.6 Å². The van der Waals surface area contributed by atoms with Crippen molar-refractivity contribution in [3.8, 4) is 0 Å². The third-order valence-corrected chi connectivity index (χ3v) is 2.31. The Kier molecular flexibility index (Phi) is 8.05. The van der Waals surface area contributed by atoms with Crippen LogP contribution in [0.15, 0.2) is 12.7 Å². The molecule has 0 amide bonds. The van der Waals surface area contributed by atoms with Gasteiger partial charge in [-0.25, -0.2) is 0 Å². The van der Waals surface area contributed by atoms with E-state index in [2.05, 4.69) is 11.3 Å². The summed E-state index contributed by atoms with van der Waals surface area (Å²) in [5.74, 6) is -0.596. The molecule has 1 atom stereocenters. The summed E-state index contributed by atoms with van der Waals surface area (Å²) in [6.45, 7) is 8.27. The van der Waals surface area contributed by atoms with Gasteiger partial charge in [-0.15, -0.1) is 6.58 Å². The van der Waals surface area contributed by atoms with Gasteiger partial charge in [-0.1, -0.05) is 6.08 Å². The normalized spacial score (nSPS) is 12.0. The number of hydrogen-bond acceptors (Lipinski definition) is 5. The van der Waals surface area contributed by atoms with E-state index in [0.29, 0.717) is 13.2 Å². The maximum absolute atomic E-state index is 11.4. The second-order valence-corrected chi connectivity index (χ2v) is 3.65. The minimum atomic E-state index is -0.300. The second kappa shape index (κ2) is 8.75. The van der Waals surface area contributed by atoms with Crippen LogP contribution < -0.4 is 0 Å². The first kappa shape index (κ1) is 15.6. The smallest absolute Gasteiger partial charge is 0.320 e. The molecule has 0 N–H and O–H groups in total. The molecule has 0 aliphatic rings. The Morgan fingerprint density at radius 2 is 2.06 bits per heavy atom. The van der Waals surface area contributed by atoms with Crippen molar-refractivity contribution < 1.29 is 19.1 Å². The SMILES string of the molecule is C=CCN(CC(=O)OCC)C(C)CC(=O)OC. The summed E-state index contributed by atoms with van der Waals surface area (Å²) in [6, 6.07) is -0.0927. The van der Waals surface area contributed by atoms with Gasteiger partial charge in [-0.3, -0.25) is 14.5 Å². The molecule has 0 saturated carbocycles. The van der Waals surface area contributed by atoms with Crippen LogP contribution in [0, 0.1) is 0 Å². The van der Waals surface area contributed by atoms with Gasteiger partial charge < -0.3 is 9.47 Å². The van der Waals surface area contributed by atoms with Crippen LogP contribution in [-0.4, -0.2) is 49.7 Å². The Morgan fingerprint density at radius 3 is 2.53 bits per heavy atom. The maximum Gasteiger partial charge on any atom is 0.320 e. The van der Waals surface area contributed by atoms with Crippen molar-refractivity contribution in [2.45, 2.75) is 26.3 Å². The average Bonchev–Trinajstić information content (AvgIpc) is 2.28. The van der Waals surface area contributed by atoms with Gasteiger partial charge >= 0.3 is 11.9 Å². The number of nitrogens with zero attached hydrogens (tertiary/aromatic N) is 1. The second-order valence-electron chi connectivity index (χ2n) is 3.65. The third kappa shape index (κ3) is 6.73. The molecule has 0 bridgehead atoms. The molecule has 5 heteroatoms. The molecule has 0 saturated heterocycles. The van der Waals surface area contributed by atoms with E-state index in [1.54, 1.807) is 13.0 Å². The van der Waals surface area contributed by atoms with Crippen molar-refractivity contribution in [3.63, 3.8) is 0 Å². The minimum Gasteiger partial charge on any atom is -0.469 e. The van der Waals surface area contributed by atoms with E-state index in [-0.39, 0.29) is 30.9 Å². The van der Waals surface area contributed by atoms with Gasteiger partial charge in [0.2, 0.25) is 0 Å². The monoisotopic (exact) mass is 243 g/mol. The summed E-state index contributed by atoms with van der Waals surface area (Å²) >= 11 is 0. The van der Waals surface area contributed by atoms with Gasteiger partial charge in [-0.05, 0) is 13.8 Å². The molecule has 5 nitrogen and oxygen atoms in total. The van der Waals surface area contributed by atoms with Gasteiger partial charge in [0.1, 0.15) is 0 Å². The van der Waals surface area contributed by atoms with Crippen LogP contribution in [0.4, 0.5) is 0 Å². The highest BCUT2D eigenvalue weighted by Gasteiger charge is 2.19. The lowest BCUT2D eigenvalue weighted by Gasteiger charge is -2.26. The Labute approximate surface area is 102 Å². The standard InChI is InChI=1S/C12H21NO4/c1-5-7-13(9-12(15)17-6-2)10(3)8-11(14)16-4/h5,10H,1,6-9H2,2-4H3. The van der Waals surface area contributed by atoms with Gasteiger partial charge in [0.05, 0.1) is 26.7 Å². The average molecular weight is 243 g/mol. The number of methoxy groups -OCH3 is 1. The molecule has 1 unspecified atom stereocenters. The van der Waals surface area contributed by atoms with Crippen LogP contribution in [0.2, 0.25) is 0 Å². The van der Waals surface area contributed by atoms with E-state index < -0.39 is 0 Å². The number of carbonyl (C=O) groups excluding carboxylic acids is 2. The first-order valence-corrected chi connectivity index (χ1v) is 5.62. The molecule has 0 aromatic rings. The Hall–Kier alpha value is -1.36. The van der Waals surface area contributed by atoms with Gasteiger partial charge in [0.25, 0.3) is 0 Å². The van der Waals surface area contributed by atoms with Crippen molar-refractivity contribution in [1.82, 2.24) is 4.90 Å². The molecule has 17 heavy (non-hydrogen) atoms. The predicted octanol–water partition coefficient (Wildman–Crippen LogP) is 0.989. The van der Waals surface area contributed by atoms with Crippen LogP contribution in [0.5, 0.6) is 0 Å². The summed E-state index contributed by atoms with van der Waals surface area (Å²) in [5, 5.41) is 0. The molecule has 0 fully saturated rings. The zero-order valence-electron chi connectivity index (χ0n) is 10.8. The number of carbonyl (C=O) groups is 2. The van der Waals surface area contributed by atoms with Crippen molar-refractivity contribution in [1.29, 1.82) is 0 Å². The molecule has 0 spiro atoms. The fourth-order valence-electron chi connectivity index (χ4n) is 1.39. The minimum absolute atomic E-state index is 0.0927. The van der Waals surface area contributed by atoms with Crippen LogP contribution in [0.1, 0.15) is 20.3 Å². The Morgan fingerprint density at radius 1 is 1.41 bits per heavy atom. The van der Waals surface area contributed by atoms with E-state index in [4.69, 9.17) is 4.74 Å². The summed E-state index contributed by atoms with van der Waals surface area (Å²) in [4.78, 5) is 24.3. The van der Waals surface area contributed by atoms with E-state index in [0.717, 1.165) is 0 Å². The van der Waals surface area contributed by atoms with E-state index >= 15 is 0 Å². The number of rotatable bonds is 8. The van der Waals surface area contributed by atoms with Crippen molar-refractivity contribution in [2.24, 2.45) is 0 Å². The lowest BCUT2D eigenvalue weighted by atomic mass is 10.2. The lowest BCUT2D eigenvalue weighted by molar-refractivity contribution is -0.147. The highest BCUT2D eigenvalue weighted by atomic mass is 16.5. The number of hydrogen-bond donors (Lipinski definition) is 0. The van der Waals surface area contributed by atoms with Crippen LogP contribution in [0.3, 0.4) is 0 Å². The fraction of sp³-hybridized carbons (Fsp3) is 0.667. The molecule has 0 aliphatic heterocycles. The lowest BCUT2D eigenvalue weighted by Crippen LogP contribution is -2.39. The first-order chi connectivity index (χ1) is 8.04. The van der Waals surface area contributed by atoms with Crippen LogP contribution >= 0.6 is 0 Å². The maximum atomic E-state index is 11.4. The molecular weight excluding hydrogens is 222 g/mol. The highest BCUT2D eigenvalue weighted by Crippen LogP contribution is 2.05. The van der Waals surface area contributed by atoms with Gasteiger partial charge in [-0.2, -0.15) is 0 Å². The van der Waals surface area contributed by atoms with Crippen molar-refractivity contribution in [2.75, 3.05) is 26.8 Å². The summed E-state index contributed by atoms with van der Waals surface area (Å²) < 4.78 is 9.46. The van der Waals surface area contributed by atoms with Crippen molar-refractivity contribution in [3.05, 3.63) is 12.7 Å². The highest BCUT2D eigenvalue weighted by molar-refractivity contribution is 5.72. The largest absolute Gasteiger partial charge is 0.469 e. The number of ether oxygens (including phenoxy) is 2. The zero-order chi connectivity index (χ0) is 13.3. The number of esters is 2. The molecule has 0 rings (SSSR count). The van der Waals surface area contributed by atoms with Crippen LogP contribution in [0.25, 0.3) is 0 Å². The fourth-order valence-corrected chi connectivity index (χ4v) is 1.39.